The molecule has 0 spiro atoms. The highest BCUT2D eigenvalue weighted by molar-refractivity contribution is 4.65. The summed E-state index contributed by atoms with van der Waals surface area (Å²) in [6, 6.07) is 0. The molecule has 0 bridgehead atoms. The molecule has 0 unspecified atom stereocenters. The van der Waals surface area contributed by atoms with Crippen LogP contribution in [0.5, 0.6) is 0 Å². The van der Waals surface area contributed by atoms with Crippen LogP contribution in [0, 0.1) is 0 Å². The largest absolute Gasteiger partial charge is 0.314 e. The molecular weight excluding hydrogens is 292 g/mol. The van der Waals surface area contributed by atoms with Gasteiger partial charge in [-0.2, -0.15) is 10.1 Å². The number of piperazine rings is 2. The van der Waals surface area contributed by atoms with E-state index in [-0.39, 0.29) is 0 Å². The molecule has 2 aliphatic rings. The van der Waals surface area contributed by atoms with Crippen molar-refractivity contribution in [2.24, 2.45) is 0 Å². The topological polar surface area (TPSA) is 53.4 Å². The first-order valence-electron chi connectivity index (χ1n) is 8.48. The molecule has 0 aromatic carbocycles. The zero-order valence-corrected chi connectivity index (χ0v) is 15.3. The summed E-state index contributed by atoms with van der Waals surface area (Å²) in [5.74, 6) is 0. The number of likely N-dealkylation sites (N-methyl/N-ethyl adjacent to an activating group) is 1. The molecule has 0 aliphatic carbocycles. The molecule has 2 rings (SSSR count). The molecular formula is C17H38N4O2. The van der Waals surface area contributed by atoms with E-state index in [1.54, 1.807) is 0 Å². The molecule has 2 fully saturated rings. The fourth-order valence-electron chi connectivity index (χ4n) is 2.33. The predicted molar refractivity (Wildman–Crippen MR) is 98.1 cm³/mol. The van der Waals surface area contributed by atoms with Gasteiger partial charge in [0.25, 0.3) is 0 Å². The van der Waals surface area contributed by atoms with Crippen LogP contribution in [0.15, 0.2) is 26.3 Å². The minimum Gasteiger partial charge on any atom is -0.314 e. The Hall–Kier alpha value is -0.760. The van der Waals surface area contributed by atoms with Crippen molar-refractivity contribution in [3.05, 3.63) is 26.3 Å². The summed E-state index contributed by atoms with van der Waals surface area (Å²) in [5.41, 5.74) is 0. The molecule has 0 aromatic heterocycles. The molecule has 0 saturated carbocycles. The second-order valence-electron chi connectivity index (χ2n) is 5.18. The minimum atomic E-state index is 0.799. The van der Waals surface area contributed by atoms with Gasteiger partial charge in [-0.05, 0) is 19.5 Å². The third-order valence-corrected chi connectivity index (χ3v) is 3.68. The molecule has 2 saturated heterocycles. The first-order valence-corrected chi connectivity index (χ1v) is 8.48. The van der Waals surface area contributed by atoms with E-state index < -0.39 is 0 Å². The standard InChI is InChI=1S/C7H16N2O.C6H14N2O.2C2H4/c1-2-3-8-4-6-9(10)7-5-8;1-2-7-3-5-8(9)6-4-7;2*1-2/h10H,2-7H2,1H3;9H,2-6H2,1H3;2*1-2H2. The van der Waals surface area contributed by atoms with Gasteiger partial charge in [0.2, 0.25) is 0 Å². The average Bonchev–Trinajstić information content (AvgIpc) is 2.62. The summed E-state index contributed by atoms with van der Waals surface area (Å²) >= 11 is 0. The van der Waals surface area contributed by atoms with Crippen LogP contribution >= 0.6 is 0 Å². The fourth-order valence-corrected chi connectivity index (χ4v) is 2.33. The van der Waals surface area contributed by atoms with Crippen LogP contribution in [-0.2, 0) is 0 Å². The lowest BCUT2D eigenvalue weighted by Crippen LogP contribution is -2.44. The van der Waals surface area contributed by atoms with E-state index in [0.717, 1.165) is 58.9 Å². The van der Waals surface area contributed by atoms with Crippen molar-refractivity contribution in [2.75, 3.05) is 65.4 Å². The van der Waals surface area contributed by atoms with Crippen LogP contribution in [0.2, 0.25) is 0 Å². The number of nitrogens with zero attached hydrogens (tertiary/aromatic N) is 4. The molecule has 138 valence electrons. The maximum atomic E-state index is 9.00. The van der Waals surface area contributed by atoms with Gasteiger partial charge >= 0.3 is 0 Å². The minimum absolute atomic E-state index is 0.799. The lowest BCUT2D eigenvalue weighted by molar-refractivity contribution is -0.117. The highest BCUT2D eigenvalue weighted by Crippen LogP contribution is 1.98. The Balaban J connectivity index is 0. The van der Waals surface area contributed by atoms with Crippen molar-refractivity contribution in [1.29, 1.82) is 0 Å². The quantitative estimate of drug-likeness (QED) is 0.772. The molecule has 0 aromatic rings. The second-order valence-corrected chi connectivity index (χ2v) is 5.18. The van der Waals surface area contributed by atoms with Crippen molar-refractivity contribution in [3.63, 3.8) is 0 Å². The Kier molecular flexibility index (Phi) is 18.7. The highest BCUT2D eigenvalue weighted by Gasteiger charge is 2.13. The maximum absolute atomic E-state index is 9.00. The van der Waals surface area contributed by atoms with E-state index in [9.17, 15) is 0 Å². The molecule has 6 heteroatoms. The Labute approximate surface area is 143 Å². The molecule has 23 heavy (non-hydrogen) atoms. The Morgan fingerprint density at radius 2 is 1.00 bits per heavy atom. The molecule has 0 amide bonds. The van der Waals surface area contributed by atoms with E-state index in [1.165, 1.54) is 23.1 Å². The van der Waals surface area contributed by atoms with Crippen LogP contribution in [0.1, 0.15) is 20.3 Å². The summed E-state index contributed by atoms with van der Waals surface area (Å²) in [6.07, 6.45) is 1.21. The second kappa shape index (κ2) is 17.6. The zero-order valence-electron chi connectivity index (χ0n) is 15.3. The number of hydrogen-bond donors (Lipinski definition) is 2. The van der Waals surface area contributed by atoms with Gasteiger partial charge in [-0.15, -0.1) is 26.3 Å². The molecule has 0 radical (unpaired) electrons. The SMILES string of the molecule is C=C.C=C.CCCN1CCN(O)CC1.CCN1CCN(O)CC1. The van der Waals surface area contributed by atoms with Gasteiger partial charge in [0, 0.05) is 52.4 Å². The van der Waals surface area contributed by atoms with Crippen molar-refractivity contribution < 1.29 is 10.4 Å². The lowest BCUT2D eigenvalue weighted by atomic mass is 10.3. The molecule has 0 atom stereocenters. The van der Waals surface area contributed by atoms with Gasteiger partial charge in [0.05, 0.1) is 0 Å². The summed E-state index contributed by atoms with van der Waals surface area (Å²) in [6.45, 7) is 25.9. The van der Waals surface area contributed by atoms with Crippen molar-refractivity contribution in [2.45, 2.75) is 20.3 Å². The van der Waals surface area contributed by atoms with E-state index >= 15 is 0 Å². The number of hydrogen-bond acceptors (Lipinski definition) is 6. The zero-order chi connectivity index (χ0) is 18.1. The van der Waals surface area contributed by atoms with Gasteiger partial charge < -0.3 is 20.2 Å². The molecule has 2 aliphatic heterocycles. The molecule has 2 N–H and O–H groups in total. The lowest BCUT2D eigenvalue weighted by Gasteiger charge is -2.30. The van der Waals surface area contributed by atoms with Crippen LogP contribution in [-0.4, -0.2) is 95.8 Å². The molecule has 6 nitrogen and oxygen atoms in total. The Morgan fingerprint density at radius 3 is 1.30 bits per heavy atom. The normalized spacial score (nSPS) is 20.2. The highest BCUT2D eigenvalue weighted by atomic mass is 16.5. The van der Waals surface area contributed by atoms with E-state index in [4.69, 9.17) is 10.4 Å². The summed E-state index contributed by atoms with van der Waals surface area (Å²) in [4.78, 5) is 4.71. The molecule has 2 heterocycles. The van der Waals surface area contributed by atoms with Crippen LogP contribution in [0.25, 0.3) is 0 Å². The first kappa shape index (κ1) is 24.5. The number of hydroxylamine groups is 4. The third-order valence-electron chi connectivity index (χ3n) is 3.68. The van der Waals surface area contributed by atoms with Gasteiger partial charge in [-0.25, -0.2) is 0 Å². The Morgan fingerprint density at radius 1 is 0.652 bits per heavy atom. The van der Waals surface area contributed by atoms with Gasteiger partial charge in [0.1, 0.15) is 0 Å². The summed E-state index contributed by atoms with van der Waals surface area (Å²) in [7, 11) is 0. The third kappa shape index (κ3) is 13.4. The van der Waals surface area contributed by atoms with Crippen molar-refractivity contribution in [3.8, 4) is 0 Å². The van der Waals surface area contributed by atoms with Gasteiger partial charge in [-0.1, -0.05) is 13.8 Å². The van der Waals surface area contributed by atoms with Crippen LogP contribution in [0.4, 0.5) is 0 Å². The Bertz CT molecular complexity index is 239. The van der Waals surface area contributed by atoms with Crippen LogP contribution in [0.3, 0.4) is 0 Å². The van der Waals surface area contributed by atoms with Crippen molar-refractivity contribution >= 4 is 0 Å². The van der Waals surface area contributed by atoms with Crippen LogP contribution < -0.4 is 0 Å². The predicted octanol–water partition coefficient (Wildman–Crippen LogP) is 2.02. The first-order chi connectivity index (χ1) is 11.2. The van der Waals surface area contributed by atoms with Crippen molar-refractivity contribution in [1.82, 2.24) is 19.9 Å². The van der Waals surface area contributed by atoms with E-state index in [2.05, 4.69) is 50.0 Å². The summed E-state index contributed by atoms with van der Waals surface area (Å²) in [5, 5.41) is 20.7. The monoisotopic (exact) mass is 330 g/mol. The van der Waals surface area contributed by atoms with Gasteiger partial charge in [0.15, 0.2) is 0 Å². The van der Waals surface area contributed by atoms with Gasteiger partial charge in [-0.3, -0.25) is 0 Å². The smallest absolute Gasteiger partial charge is 0.0366 e. The summed E-state index contributed by atoms with van der Waals surface area (Å²) < 4.78 is 0. The average molecular weight is 331 g/mol. The fraction of sp³-hybridized carbons (Fsp3) is 0.765. The van der Waals surface area contributed by atoms with E-state index in [1.807, 2.05) is 0 Å². The number of rotatable bonds is 3. The van der Waals surface area contributed by atoms with E-state index in [0.29, 0.717) is 0 Å². The maximum Gasteiger partial charge on any atom is 0.0366 e.